The lowest BCUT2D eigenvalue weighted by molar-refractivity contribution is -0.0999. The molecule has 0 atom stereocenters. The van der Waals surface area contributed by atoms with Gasteiger partial charge in [0.1, 0.15) is 0 Å². The van der Waals surface area contributed by atoms with Crippen LogP contribution in [0.3, 0.4) is 0 Å². The molecule has 2 aromatic rings. The Hall–Kier alpha value is -2.49. The maximum atomic E-state index is 10.6. The summed E-state index contributed by atoms with van der Waals surface area (Å²) in [5, 5.41) is 8.71. The molecule has 0 unspecified atom stereocenters. The molecule has 0 fully saturated rings. The molecule has 0 saturated heterocycles. The summed E-state index contributed by atoms with van der Waals surface area (Å²) < 4.78 is 0. The van der Waals surface area contributed by atoms with Gasteiger partial charge in [0.2, 0.25) is 0 Å². The molecule has 0 saturated carbocycles. The van der Waals surface area contributed by atoms with Crippen molar-refractivity contribution in [3.8, 4) is 11.5 Å². The predicted molar refractivity (Wildman–Crippen MR) is 61.1 cm³/mol. The van der Waals surface area contributed by atoms with Gasteiger partial charge < -0.3 is 5.11 Å². The van der Waals surface area contributed by atoms with Gasteiger partial charge in [-0.25, -0.2) is 4.79 Å². The van der Waals surface area contributed by atoms with Crippen LogP contribution in [0.4, 0.5) is 0 Å². The van der Waals surface area contributed by atoms with E-state index in [2.05, 4.69) is 0 Å². The second kappa shape index (κ2) is 5.03. The lowest BCUT2D eigenvalue weighted by Gasteiger charge is -2.05. The Morgan fingerprint density at radius 2 is 1.35 bits per heavy atom. The Labute approximate surface area is 98.0 Å². The maximum Gasteiger partial charge on any atom is 0.335 e. The van der Waals surface area contributed by atoms with Gasteiger partial charge in [0.15, 0.2) is 11.5 Å². The van der Waals surface area contributed by atoms with E-state index in [0.717, 1.165) is 0 Å². The molecular weight excluding hydrogens is 220 g/mol. The fourth-order valence-corrected chi connectivity index (χ4v) is 1.23. The van der Waals surface area contributed by atoms with Crippen LogP contribution in [0.15, 0.2) is 54.6 Å². The summed E-state index contributed by atoms with van der Waals surface area (Å²) in [4.78, 5) is 20.7. The monoisotopic (exact) mass is 230 g/mol. The van der Waals surface area contributed by atoms with E-state index in [-0.39, 0.29) is 5.56 Å². The average molecular weight is 230 g/mol. The highest BCUT2D eigenvalue weighted by Gasteiger charge is 2.02. The van der Waals surface area contributed by atoms with Crippen molar-refractivity contribution in [1.82, 2.24) is 0 Å². The van der Waals surface area contributed by atoms with Gasteiger partial charge in [0.05, 0.1) is 5.56 Å². The molecule has 2 rings (SSSR count). The number of para-hydroxylation sites is 1. The van der Waals surface area contributed by atoms with Crippen LogP contribution in [0.25, 0.3) is 0 Å². The Bertz CT molecular complexity index is 491. The maximum absolute atomic E-state index is 10.6. The standard InChI is InChI=1S/C13H10O4/c14-13(15)10-6-8-12(9-7-10)17-16-11-4-2-1-3-5-11/h1-9H,(H,14,15). The molecule has 0 spiro atoms. The first-order valence-electron chi connectivity index (χ1n) is 4.98. The van der Waals surface area contributed by atoms with Crippen molar-refractivity contribution in [2.24, 2.45) is 0 Å². The van der Waals surface area contributed by atoms with E-state index in [1.165, 1.54) is 24.3 Å². The van der Waals surface area contributed by atoms with Crippen LogP contribution in [0.2, 0.25) is 0 Å². The summed E-state index contributed by atoms with van der Waals surface area (Å²) in [6.45, 7) is 0. The van der Waals surface area contributed by atoms with Crippen molar-refractivity contribution in [2.75, 3.05) is 0 Å². The van der Waals surface area contributed by atoms with E-state index >= 15 is 0 Å². The van der Waals surface area contributed by atoms with Crippen molar-refractivity contribution in [3.05, 3.63) is 60.2 Å². The van der Waals surface area contributed by atoms with Crippen LogP contribution < -0.4 is 9.78 Å². The number of rotatable bonds is 4. The summed E-state index contributed by atoms with van der Waals surface area (Å²) in [6.07, 6.45) is 0. The fourth-order valence-electron chi connectivity index (χ4n) is 1.23. The van der Waals surface area contributed by atoms with Gasteiger partial charge in [-0.2, -0.15) is 0 Å². The SMILES string of the molecule is O=C(O)c1ccc(OOc2ccccc2)cc1. The van der Waals surface area contributed by atoms with Gasteiger partial charge in [0, 0.05) is 0 Å². The van der Waals surface area contributed by atoms with Crippen LogP contribution >= 0.6 is 0 Å². The lowest BCUT2D eigenvalue weighted by Crippen LogP contribution is -2.01. The van der Waals surface area contributed by atoms with E-state index in [1.807, 2.05) is 18.2 Å². The van der Waals surface area contributed by atoms with Crippen molar-refractivity contribution in [3.63, 3.8) is 0 Å². The van der Waals surface area contributed by atoms with E-state index in [0.29, 0.717) is 11.5 Å². The van der Waals surface area contributed by atoms with E-state index in [9.17, 15) is 4.79 Å². The summed E-state index contributed by atoms with van der Waals surface area (Å²) in [5.41, 5.74) is 0.206. The zero-order valence-electron chi connectivity index (χ0n) is 8.87. The van der Waals surface area contributed by atoms with Crippen LogP contribution in [-0.4, -0.2) is 11.1 Å². The van der Waals surface area contributed by atoms with Crippen molar-refractivity contribution in [1.29, 1.82) is 0 Å². The summed E-state index contributed by atoms with van der Waals surface area (Å²) in [6, 6.07) is 15.0. The minimum Gasteiger partial charge on any atom is -0.478 e. The minimum atomic E-state index is -0.972. The first-order valence-corrected chi connectivity index (χ1v) is 4.98. The molecule has 0 aliphatic carbocycles. The molecule has 0 radical (unpaired) electrons. The second-order valence-electron chi connectivity index (χ2n) is 3.31. The van der Waals surface area contributed by atoms with Gasteiger partial charge in [0.25, 0.3) is 0 Å². The second-order valence-corrected chi connectivity index (χ2v) is 3.31. The third-order valence-electron chi connectivity index (χ3n) is 2.08. The number of carboxylic acid groups (broad SMARTS) is 1. The van der Waals surface area contributed by atoms with Crippen LogP contribution in [0.5, 0.6) is 11.5 Å². The van der Waals surface area contributed by atoms with E-state index < -0.39 is 5.97 Å². The minimum absolute atomic E-state index is 0.206. The first-order chi connectivity index (χ1) is 8.25. The molecule has 2 aromatic carbocycles. The molecule has 0 aliphatic rings. The molecule has 0 bridgehead atoms. The number of benzene rings is 2. The van der Waals surface area contributed by atoms with E-state index in [4.69, 9.17) is 14.9 Å². The molecule has 0 aliphatic heterocycles. The zero-order valence-corrected chi connectivity index (χ0v) is 8.87. The molecule has 1 N–H and O–H groups in total. The molecule has 4 nitrogen and oxygen atoms in total. The highest BCUT2D eigenvalue weighted by molar-refractivity contribution is 5.87. The fraction of sp³-hybridized carbons (Fsp3) is 0. The summed E-state index contributed by atoms with van der Waals surface area (Å²) in [7, 11) is 0. The number of carbonyl (C=O) groups is 1. The quantitative estimate of drug-likeness (QED) is 0.648. The number of carboxylic acids is 1. The van der Waals surface area contributed by atoms with Gasteiger partial charge in [-0.15, -0.1) is 0 Å². The predicted octanol–water partition coefficient (Wildman–Crippen LogP) is 2.76. The molecule has 0 heterocycles. The molecule has 0 aromatic heterocycles. The Morgan fingerprint density at radius 1 is 0.824 bits per heavy atom. The smallest absolute Gasteiger partial charge is 0.335 e. The number of hydrogen-bond acceptors (Lipinski definition) is 3. The summed E-state index contributed by atoms with van der Waals surface area (Å²) >= 11 is 0. The van der Waals surface area contributed by atoms with E-state index in [1.54, 1.807) is 12.1 Å². The number of aromatic carboxylic acids is 1. The zero-order chi connectivity index (χ0) is 12.1. The van der Waals surface area contributed by atoms with Crippen LogP contribution in [-0.2, 0) is 0 Å². The van der Waals surface area contributed by atoms with Gasteiger partial charge in [-0.1, -0.05) is 18.2 Å². The highest BCUT2D eigenvalue weighted by atomic mass is 17.2. The lowest BCUT2D eigenvalue weighted by atomic mass is 10.2. The van der Waals surface area contributed by atoms with Crippen molar-refractivity contribution in [2.45, 2.75) is 0 Å². The highest BCUT2D eigenvalue weighted by Crippen LogP contribution is 2.15. The molecular formula is C13H10O4. The summed E-state index contributed by atoms with van der Waals surface area (Å²) in [5.74, 6) is 0.0502. The van der Waals surface area contributed by atoms with Crippen molar-refractivity contribution >= 4 is 5.97 Å². The topological polar surface area (TPSA) is 55.8 Å². The Balaban J connectivity index is 1.98. The average Bonchev–Trinajstić information content (AvgIpc) is 2.38. The van der Waals surface area contributed by atoms with Gasteiger partial charge >= 0.3 is 5.97 Å². The largest absolute Gasteiger partial charge is 0.478 e. The molecule has 86 valence electrons. The Morgan fingerprint density at radius 3 is 1.88 bits per heavy atom. The first kappa shape index (κ1) is 11.0. The van der Waals surface area contributed by atoms with Gasteiger partial charge in [-0.3, -0.25) is 9.78 Å². The normalized spacial score (nSPS) is 9.65. The third-order valence-corrected chi connectivity index (χ3v) is 2.08. The van der Waals surface area contributed by atoms with Crippen LogP contribution in [0, 0.1) is 0 Å². The van der Waals surface area contributed by atoms with Gasteiger partial charge in [-0.05, 0) is 36.4 Å². The number of hydrogen-bond donors (Lipinski definition) is 1. The molecule has 0 amide bonds. The Kier molecular flexibility index (Phi) is 3.25. The third kappa shape index (κ3) is 2.98. The van der Waals surface area contributed by atoms with Crippen molar-refractivity contribution < 1.29 is 19.7 Å². The van der Waals surface area contributed by atoms with Crippen LogP contribution in [0.1, 0.15) is 10.4 Å². The molecule has 4 heteroatoms. The molecule has 17 heavy (non-hydrogen) atoms.